The number of likely N-dealkylation sites (tertiary alicyclic amines) is 1. The fourth-order valence-electron chi connectivity index (χ4n) is 4.13. The Morgan fingerprint density at radius 3 is 2.81 bits per heavy atom. The van der Waals surface area contributed by atoms with Gasteiger partial charge in [-0.3, -0.25) is 9.58 Å². The van der Waals surface area contributed by atoms with Crippen molar-refractivity contribution in [2.45, 2.75) is 51.8 Å². The Bertz CT molecular complexity index is 741. The molecule has 0 saturated carbocycles. The standard InChI is InChI=1S/C19H29N7O/c1-15-20-7-4-19(21-15)25-9-5-16(6-10-25)11-26-13-17(22-23-26)12-24-8-2-3-18(27)14-24/h4,7,13,16,18,27H,2-3,5-6,8-12,14H2,1H3. The number of anilines is 1. The number of aromatic nitrogens is 5. The molecule has 2 aromatic heterocycles. The van der Waals surface area contributed by atoms with Gasteiger partial charge in [-0.25, -0.2) is 9.97 Å². The zero-order valence-electron chi connectivity index (χ0n) is 16.0. The summed E-state index contributed by atoms with van der Waals surface area (Å²) >= 11 is 0. The van der Waals surface area contributed by atoms with Crippen molar-refractivity contribution < 1.29 is 5.11 Å². The van der Waals surface area contributed by atoms with Crippen molar-refractivity contribution in [3.63, 3.8) is 0 Å². The molecule has 0 bridgehead atoms. The van der Waals surface area contributed by atoms with Crippen LogP contribution in [0.4, 0.5) is 5.82 Å². The van der Waals surface area contributed by atoms with Crippen LogP contribution in [-0.4, -0.2) is 67.3 Å². The van der Waals surface area contributed by atoms with E-state index in [-0.39, 0.29) is 6.10 Å². The summed E-state index contributed by atoms with van der Waals surface area (Å²) in [5.41, 5.74) is 0.998. The van der Waals surface area contributed by atoms with Gasteiger partial charge in [0.25, 0.3) is 0 Å². The van der Waals surface area contributed by atoms with Crippen molar-refractivity contribution in [3.05, 3.63) is 30.0 Å². The van der Waals surface area contributed by atoms with E-state index in [4.69, 9.17) is 0 Å². The summed E-state index contributed by atoms with van der Waals surface area (Å²) in [5, 5.41) is 18.5. The fraction of sp³-hybridized carbons (Fsp3) is 0.684. The molecule has 4 rings (SSSR count). The van der Waals surface area contributed by atoms with E-state index >= 15 is 0 Å². The zero-order valence-corrected chi connectivity index (χ0v) is 16.0. The summed E-state index contributed by atoms with van der Waals surface area (Å²) in [6.07, 6.45) is 7.95. The average Bonchev–Trinajstić information content (AvgIpc) is 3.09. The maximum Gasteiger partial charge on any atom is 0.132 e. The van der Waals surface area contributed by atoms with E-state index in [0.29, 0.717) is 5.92 Å². The van der Waals surface area contributed by atoms with E-state index in [9.17, 15) is 5.11 Å². The monoisotopic (exact) mass is 371 g/mol. The van der Waals surface area contributed by atoms with Gasteiger partial charge in [-0.05, 0) is 51.1 Å². The van der Waals surface area contributed by atoms with E-state index in [1.807, 2.05) is 23.9 Å². The highest BCUT2D eigenvalue weighted by atomic mass is 16.3. The first-order chi connectivity index (χ1) is 13.2. The number of piperidine rings is 2. The van der Waals surface area contributed by atoms with Gasteiger partial charge in [0.2, 0.25) is 0 Å². The van der Waals surface area contributed by atoms with Crippen LogP contribution in [0.3, 0.4) is 0 Å². The number of nitrogens with zero attached hydrogens (tertiary/aromatic N) is 7. The van der Waals surface area contributed by atoms with Gasteiger partial charge in [-0.1, -0.05) is 5.21 Å². The third-order valence-electron chi connectivity index (χ3n) is 5.60. The lowest BCUT2D eigenvalue weighted by Crippen LogP contribution is -2.37. The van der Waals surface area contributed by atoms with Crippen molar-refractivity contribution in [2.24, 2.45) is 5.92 Å². The second-order valence-corrected chi connectivity index (χ2v) is 7.86. The molecule has 27 heavy (non-hydrogen) atoms. The fourth-order valence-corrected chi connectivity index (χ4v) is 4.13. The topological polar surface area (TPSA) is 83.2 Å². The summed E-state index contributed by atoms with van der Waals surface area (Å²) in [5.74, 6) is 2.48. The Morgan fingerprint density at radius 2 is 2.04 bits per heavy atom. The van der Waals surface area contributed by atoms with Crippen LogP contribution in [0.25, 0.3) is 0 Å². The first kappa shape index (κ1) is 18.3. The highest BCUT2D eigenvalue weighted by molar-refractivity contribution is 5.37. The lowest BCUT2D eigenvalue weighted by Gasteiger charge is -2.32. The third-order valence-corrected chi connectivity index (χ3v) is 5.60. The molecule has 4 heterocycles. The molecule has 0 amide bonds. The minimum Gasteiger partial charge on any atom is -0.392 e. The first-order valence-electron chi connectivity index (χ1n) is 10.00. The van der Waals surface area contributed by atoms with Crippen LogP contribution in [0.2, 0.25) is 0 Å². The van der Waals surface area contributed by atoms with Gasteiger partial charge in [0, 0.05) is 45.1 Å². The molecular weight excluding hydrogens is 342 g/mol. The van der Waals surface area contributed by atoms with Crippen molar-refractivity contribution in [2.75, 3.05) is 31.1 Å². The van der Waals surface area contributed by atoms with Crippen molar-refractivity contribution >= 4 is 5.82 Å². The van der Waals surface area contributed by atoms with E-state index < -0.39 is 0 Å². The van der Waals surface area contributed by atoms with E-state index in [1.54, 1.807) is 0 Å². The van der Waals surface area contributed by atoms with Gasteiger partial charge in [0.05, 0.1) is 11.8 Å². The van der Waals surface area contributed by atoms with Crippen molar-refractivity contribution in [1.82, 2.24) is 29.9 Å². The largest absolute Gasteiger partial charge is 0.392 e. The lowest BCUT2D eigenvalue weighted by atomic mass is 9.97. The van der Waals surface area contributed by atoms with E-state index in [2.05, 4.69) is 36.3 Å². The summed E-state index contributed by atoms with van der Waals surface area (Å²) in [6.45, 7) is 7.46. The molecule has 0 radical (unpaired) electrons. The second-order valence-electron chi connectivity index (χ2n) is 7.86. The summed E-state index contributed by atoms with van der Waals surface area (Å²) in [4.78, 5) is 13.3. The van der Waals surface area contributed by atoms with Crippen LogP contribution in [0.5, 0.6) is 0 Å². The molecule has 8 nitrogen and oxygen atoms in total. The maximum atomic E-state index is 9.80. The third kappa shape index (κ3) is 4.81. The molecule has 146 valence electrons. The van der Waals surface area contributed by atoms with Gasteiger partial charge < -0.3 is 10.0 Å². The van der Waals surface area contributed by atoms with Crippen molar-refractivity contribution in [1.29, 1.82) is 0 Å². The van der Waals surface area contributed by atoms with E-state index in [1.165, 1.54) is 0 Å². The number of aliphatic hydroxyl groups excluding tert-OH is 1. The number of hydrogen-bond acceptors (Lipinski definition) is 7. The summed E-state index contributed by atoms with van der Waals surface area (Å²) in [7, 11) is 0. The Kier molecular flexibility index (Phi) is 5.63. The molecule has 2 fully saturated rings. The maximum absolute atomic E-state index is 9.80. The quantitative estimate of drug-likeness (QED) is 0.847. The molecule has 2 aromatic rings. The smallest absolute Gasteiger partial charge is 0.132 e. The summed E-state index contributed by atoms with van der Waals surface area (Å²) < 4.78 is 1.99. The average molecular weight is 371 g/mol. The minimum absolute atomic E-state index is 0.197. The molecule has 8 heteroatoms. The van der Waals surface area contributed by atoms with Crippen LogP contribution < -0.4 is 4.90 Å². The van der Waals surface area contributed by atoms with Gasteiger partial charge in [0.15, 0.2) is 0 Å². The normalized spacial score (nSPS) is 22.3. The first-order valence-corrected chi connectivity index (χ1v) is 10.00. The molecule has 0 aliphatic carbocycles. The molecule has 2 saturated heterocycles. The Morgan fingerprint density at radius 1 is 1.19 bits per heavy atom. The molecule has 1 unspecified atom stereocenters. The minimum atomic E-state index is -0.197. The van der Waals surface area contributed by atoms with Crippen molar-refractivity contribution in [3.8, 4) is 0 Å². The van der Waals surface area contributed by atoms with Crippen LogP contribution in [0.15, 0.2) is 18.5 Å². The summed E-state index contributed by atoms with van der Waals surface area (Å²) in [6, 6.07) is 1.99. The number of aliphatic hydroxyl groups is 1. The molecule has 0 aromatic carbocycles. The predicted octanol–water partition coefficient (Wildman–Crippen LogP) is 1.25. The van der Waals surface area contributed by atoms with E-state index in [0.717, 1.165) is 82.3 Å². The lowest BCUT2D eigenvalue weighted by molar-refractivity contribution is 0.0662. The van der Waals surface area contributed by atoms with Crippen LogP contribution in [0.1, 0.15) is 37.2 Å². The zero-order chi connectivity index (χ0) is 18.6. The molecule has 2 aliphatic heterocycles. The van der Waals surface area contributed by atoms with Gasteiger partial charge >= 0.3 is 0 Å². The molecule has 1 atom stereocenters. The highest BCUT2D eigenvalue weighted by Crippen LogP contribution is 2.23. The Balaban J connectivity index is 1.26. The molecular formula is C19H29N7O. The number of β-amino-alcohol motifs (C(OH)–C–C–N with tert-alkyl or cyclic N) is 1. The SMILES string of the molecule is Cc1nccc(N2CCC(Cn3cc(CN4CCCC(O)C4)nn3)CC2)n1. The van der Waals surface area contributed by atoms with Gasteiger partial charge in [-0.15, -0.1) is 5.10 Å². The Labute approximate surface area is 160 Å². The van der Waals surface area contributed by atoms with Crippen LogP contribution in [0, 0.1) is 12.8 Å². The van der Waals surface area contributed by atoms with Crippen LogP contribution >= 0.6 is 0 Å². The highest BCUT2D eigenvalue weighted by Gasteiger charge is 2.22. The predicted molar refractivity (Wildman–Crippen MR) is 102 cm³/mol. The molecule has 0 spiro atoms. The molecule has 1 N–H and O–H groups in total. The Hall–Kier alpha value is -2.06. The number of aryl methyl sites for hydroxylation is 1. The number of hydrogen-bond donors (Lipinski definition) is 1. The van der Waals surface area contributed by atoms with Gasteiger partial charge in [-0.2, -0.15) is 0 Å². The van der Waals surface area contributed by atoms with Gasteiger partial charge in [0.1, 0.15) is 11.6 Å². The second kappa shape index (κ2) is 8.31. The number of rotatable bonds is 5. The molecule has 2 aliphatic rings. The van der Waals surface area contributed by atoms with Crippen LogP contribution in [-0.2, 0) is 13.1 Å².